The maximum Gasteiger partial charge on any atom is 0.251 e. The van der Waals surface area contributed by atoms with Crippen LogP contribution in [0, 0.1) is 0 Å². The van der Waals surface area contributed by atoms with Gasteiger partial charge < -0.3 is 16.4 Å². The minimum atomic E-state index is -0.165. The predicted octanol–water partition coefficient (Wildman–Crippen LogP) is 1.18. The summed E-state index contributed by atoms with van der Waals surface area (Å²) in [5.74, 6) is -0.272. The zero-order valence-corrected chi connectivity index (χ0v) is 13.0. The topological polar surface area (TPSA) is 84.2 Å². The molecule has 0 bridgehead atoms. The van der Waals surface area contributed by atoms with Crippen molar-refractivity contribution in [2.45, 2.75) is 32.6 Å². The molecule has 0 aliphatic rings. The average Bonchev–Trinajstić information content (AvgIpc) is 2.44. The third-order valence-corrected chi connectivity index (χ3v) is 3.12. The Morgan fingerprint density at radius 2 is 1.67 bits per heavy atom. The van der Waals surface area contributed by atoms with Crippen molar-refractivity contribution in [2.75, 3.05) is 19.6 Å². The lowest BCUT2D eigenvalue weighted by molar-refractivity contribution is -0.120. The number of carbonyl (C=O) groups excluding carboxylic acids is 2. The van der Waals surface area contributed by atoms with Crippen LogP contribution in [0.25, 0.3) is 0 Å². The summed E-state index contributed by atoms with van der Waals surface area (Å²) in [6, 6.07) is 7.54. The third kappa shape index (κ3) is 5.95. The lowest BCUT2D eigenvalue weighted by atomic mass is 9.87. The van der Waals surface area contributed by atoms with Crippen LogP contribution < -0.4 is 16.4 Å². The van der Waals surface area contributed by atoms with Crippen molar-refractivity contribution in [1.82, 2.24) is 10.6 Å². The van der Waals surface area contributed by atoms with Crippen molar-refractivity contribution in [3.63, 3.8) is 0 Å². The van der Waals surface area contributed by atoms with Gasteiger partial charge in [0.25, 0.3) is 5.91 Å². The van der Waals surface area contributed by atoms with Crippen LogP contribution in [0.2, 0.25) is 0 Å². The molecule has 1 rings (SSSR count). The molecule has 0 saturated heterocycles. The molecule has 0 aliphatic carbocycles. The van der Waals surface area contributed by atoms with Gasteiger partial charge in [0.15, 0.2) is 0 Å². The Balaban J connectivity index is 2.44. The normalized spacial score (nSPS) is 11.0. The summed E-state index contributed by atoms with van der Waals surface area (Å²) in [4.78, 5) is 23.3. The Morgan fingerprint density at radius 1 is 1.05 bits per heavy atom. The lowest BCUT2D eigenvalue weighted by Gasteiger charge is -2.19. The maximum atomic E-state index is 11.9. The first-order valence-electron chi connectivity index (χ1n) is 7.20. The van der Waals surface area contributed by atoms with Gasteiger partial charge >= 0.3 is 0 Å². The standard InChI is InChI=1S/C16H25N3O2/c1-16(2,3)13-6-4-12(5-7-13)15(21)19-10-8-14(20)18-11-9-17/h4-7H,8-11,17H2,1-3H3,(H,18,20)(H,19,21). The highest BCUT2D eigenvalue weighted by Gasteiger charge is 2.14. The molecule has 0 radical (unpaired) electrons. The van der Waals surface area contributed by atoms with E-state index in [-0.39, 0.29) is 23.7 Å². The van der Waals surface area contributed by atoms with Crippen LogP contribution in [0.4, 0.5) is 0 Å². The Labute approximate surface area is 126 Å². The second-order valence-electron chi connectivity index (χ2n) is 5.97. The van der Waals surface area contributed by atoms with Gasteiger partial charge in [0.1, 0.15) is 0 Å². The van der Waals surface area contributed by atoms with Gasteiger partial charge in [-0.05, 0) is 23.1 Å². The molecule has 0 fully saturated rings. The van der Waals surface area contributed by atoms with Crippen LogP contribution in [-0.2, 0) is 10.2 Å². The molecular weight excluding hydrogens is 266 g/mol. The average molecular weight is 291 g/mol. The Hall–Kier alpha value is -1.88. The van der Waals surface area contributed by atoms with E-state index in [2.05, 4.69) is 31.4 Å². The van der Waals surface area contributed by atoms with Crippen LogP contribution in [-0.4, -0.2) is 31.4 Å². The van der Waals surface area contributed by atoms with E-state index in [1.165, 1.54) is 5.56 Å². The van der Waals surface area contributed by atoms with Gasteiger partial charge in [-0.3, -0.25) is 9.59 Å². The number of carbonyl (C=O) groups is 2. The van der Waals surface area contributed by atoms with Gasteiger partial charge in [0.05, 0.1) is 0 Å². The summed E-state index contributed by atoms with van der Waals surface area (Å²) in [5, 5.41) is 5.39. The summed E-state index contributed by atoms with van der Waals surface area (Å²) in [7, 11) is 0. The molecule has 0 aliphatic heterocycles. The van der Waals surface area contributed by atoms with E-state index in [4.69, 9.17) is 5.73 Å². The minimum absolute atomic E-state index is 0.0656. The molecule has 0 atom stereocenters. The Bertz CT molecular complexity index is 475. The molecule has 0 heterocycles. The number of amides is 2. The summed E-state index contributed by atoms with van der Waals surface area (Å²) in [6.07, 6.45) is 0.256. The summed E-state index contributed by atoms with van der Waals surface area (Å²) in [6.45, 7) is 7.57. The van der Waals surface area contributed by atoms with Crippen molar-refractivity contribution < 1.29 is 9.59 Å². The number of benzene rings is 1. The van der Waals surface area contributed by atoms with Crippen molar-refractivity contribution in [1.29, 1.82) is 0 Å². The molecule has 0 spiro atoms. The first kappa shape index (κ1) is 17.2. The number of nitrogens with two attached hydrogens (primary N) is 1. The van der Waals surface area contributed by atoms with Crippen LogP contribution in [0.1, 0.15) is 43.1 Å². The molecule has 21 heavy (non-hydrogen) atoms. The highest BCUT2D eigenvalue weighted by Crippen LogP contribution is 2.22. The number of hydrogen-bond acceptors (Lipinski definition) is 3. The smallest absolute Gasteiger partial charge is 0.251 e. The summed E-state index contributed by atoms with van der Waals surface area (Å²) < 4.78 is 0. The first-order chi connectivity index (χ1) is 9.84. The molecule has 1 aromatic rings. The largest absolute Gasteiger partial charge is 0.355 e. The van der Waals surface area contributed by atoms with Crippen molar-refractivity contribution >= 4 is 11.8 Å². The van der Waals surface area contributed by atoms with Crippen molar-refractivity contribution in [2.24, 2.45) is 5.73 Å². The Kier molecular flexibility index (Phi) is 6.37. The highest BCUT2D eigenvalue weighted by atomic mass is 16.2. The van der Waals surface area contributed by atoms with Crippen LogP contribution >= 0.6 is 0 Å². The quantitative estimate of drug-likeness (QED) is 0.736. The van der Waals surface area contributed by atoms with E-state index in [1.807, 2.05) is 24.3 Å². The molecule has 4 N–H and O–H groups in total. The van der Waals surface area contributed by atoms with Crippen molar-refractivity contribution in [3.05, 3.63) is 35.4 Å². The van der Waals surface area contributed by atoms with Gasteiger partial charge in [-0.1, -0.05) is 32.9 Å². The summed E-state index contributed by atoms with van der Waals surface area (Å²) >= 11 is 0. The first-order valence-corrected chi connectivity index (χ1v) is 7.20. The minimum Gasteiger partial charge on any atom is -0.355 e. The highest BCUT2D eigenvalue weighted by molar-refractivity contribution is 5.94. The van der Waals surface area contributed by atoms with Gasteiger partial charge in [-0.25, -0.2) is 0 Å². The SMILES string of the molecule is CC(C)(C)c1ccc(C(=O)NCCC(=O)NCCN)cc1. The van der Waals surface area contributed by atoms with E-state index in [0.29, 0.717) is 25.2 Å². The number of rotatable bonds is 6. The predicted molar refractivity (Wildman–Crippen MR) is 84.2 cm³/mol. The van der Waals surface area contributed by atoms with E-state index < -0.39 is 0 Å². The fraction of sp³-hybridized carbons (Fsp3) is 0.500. The van der Waals surface area contributed by atoms with E-state index >= 15 is 0 Å². The van der Waals surface area contributed by atoms with Gasteiger partial charge in [-0.15, -0.1) is 0 Å². The summed E-state index contributed by atoms with van der Waals surface area (Å²) in [5.41, 5.74) is 7.14. The second-order valence-corrected chi connectivity index (χ2v) is 5.97. The monoisotopic (exact) mass is 291 g/mol. The van der Waals surface area contributed by atoms with E-state index in [1.54, 1.807) is 0 Å². The molecule has 116 valence electrons. The second kappa shape index (κ2) is 7.78. The van der Waals surface area contributed by atoms with Crippen molar-refractivity contribution in [3.8, 4) is 0 Å². The van der Waals surface area contributed by atoms with Gasteiger partial charge in [0, 0.05) is 31.6 Å². The van der Waals surface area contributed by atoms with E-state index in [9.17, 15) is 9.59 Å². The zero-order chi connectivity index (χ0) is 15.9. The maximum absolute atomic E-state index is 11.9. The fourth-order valence-electron chi connectivity index (χ4n) is 1.81. The van der Waals surface area contributed by atoms with Gasteiger partial charge in [-0.2, -0.15) is 0 Å². The molecule has 1 aromatic carbocycles. The van der Waals surface area contributed by atoms with Crippen LogP contribution in [0.15, 0.2) is 24.3 Å². The lowest BCUT2D eigenvalue weighted by Crippen LogP contribution is -2.33. The molecule has 5 nitrogen and oxygen atoms in total. The fourth-order valence-corrected chi connectivity index (χ4v) is 1.81. The Morgan fingerprint density at radius 3 is 2.19 bits per heavy atom. The molecule has 0 saturated carbocycles. The molecule has 0 unspecified atom stereocenters. The third-order valence-electron chi connectivity index (χ3n) is 3.12. The van der Waals surface area contributed by atoms with Crippen LogP contribution in [0.3, 0.4) is 0 Å². The molecule has 5 heteroatoms. The molecule has 2 amide bonds. The zero-order valence-electron chi connectivity index (χ0n) is 13.0. The van der Waals surface area contributed by atoms with E-state index in [0.717, 1.165) is 0 Å². The molecular formula is C16H25N3O2. The number of nitrogens with one attached hydrogen (secondary N) is 2. The molecule has 0 aromatic heterocycles. The van der Waals surface area contributed by atoms with Crippen LogP contribution in [0.5, 0.6) is 0 Å². The number of hydrogen-bond donors (Lipinski definition) is 3. The van der Waals surface area contributed by atoms with Gasteiger partial charge in [0.2, 0.25) is 5.91 Å².